The van der Waals surface area contributed by atoms with Crippen LogP contribution in [0.2, 0.25) is 5.02 Å². The van der Waals surface area contributed by atoms with E-state index in [4.69, 9.17) is 21.8 Å². The van der Waals surface area contributed by atoms with Crippen molar-refractivity contribution >= 4 is 45.6 Å². The van der Waals surface area contributed by atoms with Crippen molar-refractivity contribution in [2.45, 2.75) is 20.3 Å². The fourth-order valence-corrected chi connectivity index (χ4v) is 3.48. The molecule has 0 radical (unpaired) electrons. The molecule has 0 fully saturated rings. The SMILES string of the molecule is CC(C)CC(=O)c1cc(-c2nccc3c(Nc4ccc(F)c(Cl)c4)c(N)oc23)ccn1. The Bertz CT molecular complexity index is 1290. The van der Waals surface area contributed by atoms with E-state index in [1.54, 1.807) is 36.7 Å². The second-order valence-electron chi connectivity index (χ2n) is 7.58. The van der Waals surface area contributed by atoms with Crippen LogP contribution in [0.1, 0.15) is 30.8 Å². The molecule has 31 heavy (non-hydrogen) atoms. The molecule has 0 aliphatic carbocycles. The lowest BCUT2D eigenvalue weighted by Crippen LogP contribution is -2.05. The van der Waals surface area contributed by atoms with Gasteiger partial charge in [-0.05, 0) is 42.3 Å². The highest BCUT2D eigenvalue weighted by Gasteiger charge is 2.19. The van der Waals surface area contributed by atoms with Crippen molar-refractivity contribution in [1.29, 1.82) is 0 Å². The molecule has 0 atom stereocenters. The number of nitrogens with one attached hydrogen (secondary N) is 1. The van der Waals surface area contributed by atoms with E-state index in [-0.39, 0.29) is 22.6 Å². The van der Waals surface area contributed by atoms with Crippen LogP contribution in [0.15, 0.2) is 53.2 Å². The number of carbonyl (C=O) groups is 1. The van der Waals surface area contributed by atoms with Crippen LogP contribution in [0.25, 0.3) is 22.2 Å². The minimum absolute atomic E-state index is 0.00546. The number of carbonyl (C=O) groups excluding carboxylic acids is 1. The van der Waals surface area contributed by atoms with Crippen LogP contribution >= 0.6 is 11.6 Å². The van der Waals surface area contributed by atoms with E-state index in [9.17, 15) is 9.18 Å². The molecule has 3 heterocycles. The van der Waals surface area contributed by atoms with Gasteiger partial charge in [0.25, 0.3) is 0 Å². The van der Waals surface area contributed by atoms with Gasteiger partial charge in [0.05, 0.1) is 10.4 Å². The summed E-state index contributed by atoms with van der Waals surface area (Å²) < 4.78 is 19.3. The molecule has 3 N–H and O–H groups in total. The number of hydrogen-bond donors (Lipinski definition) is 2. The van der Waals surface area contributed by atoms with E-state index >= 15 is 0 Å². The predicted octanol–water partition coefficient (Wildman–Crippen LogP) is 6.24. The van der Waals surface area contributed by atoms with E-state index in [1.165, 1.54) is 12.1 Å². The first-order valence-electron chi connectivity index (χ1n) is 9.72. The summed E-state index contributed by atoms with van der Waals surface area (Å²) >= 11 is 5.88. The van der Waals surface area contributed by atoms with Crippen molar-refractivity contribution in [2.75, 3.05) is 11.1 Å². The van der Waals surface area contributed by atoms with E-state index in [1.807, 2.05) is 13.8 Å². The molecule has 0 spiro atoms. The molecule has 6 nitrogen and oxygen atoms in total. The van der Waals surface area contributed by atoms with Crippen molar-refractivity contribution in [3.63, 3.8) is 0 Å². The van der Waals surface area contributed by atoms with Crippen LogP contribution in [0.3, 0.4) is 0 Å². The Morgan fingerprint density at radius 2 is 1.97 bits per heavy atom. The van der Waals surface area contributed by atoms with Gasteiger partial charge in [-0.25, -0.2) is 4.39 Å². The van der Waals surface area contributed by atoms with Gasteiger partial charge in [0, 0.05) is 30.1 Å². The van der Waals surface area contributed by atoms with Crippen LogP contribution in [0, 0.1) is 11.7 Å². The molecule has 0 bridgehead atoms. The summed E-state index contributed by atoms with van der Waals surface area (Å²) in [6, 6.07) is 9.52. The monoisotopic (exact) mass is 438 g/mol. The molecule has 8 heteroatoms. The molecule has 3 aromatic heterocycles. The first-order valence-corrected chi connectivity index (χ1v) is 10.1. The number of furan rings is 1. The molecule has 4 rings (SSSR count). The van der Waals surface area contributed by atoms with Crippen molar-refractivity contribution < 1.29 is 13.6 Å². The first kappa shape index (κ1) is 20.8. The number of fused-ring (bicyclic) bond motifs is 1. The lowest BCUT2D eigenvalue weighted by atomic mass is 10.0. The maximum Gasteiger partial charge on any atom is 0.215 e. The standard InChI is InChI=1S/C23H20ClFN4O2/c1-12(2)9-19(30)18-10-13(5-7-27-18)20-22-15(6-8-28-20)21(23(26)31-22)29-14-3-4-17(25)16(24)11-14/h3-8,10-12,29H,9,26H2,1-2H3. The van der Waals surface area contributed by atoms with Gasteiger partial charge < -0.3 is 15.5 Å². The lowest BCUT2D eigenvalue weighted by molar-refractivity contribution is 0.0963. The smallest absolute Gasteiger partial charge is 0.215 e. The number of halogens is 2. The van der Waals surface area contributed by atoms with Gasteiger partial charge in [-0.15, -0.1) is 0 Å². The van der Waals surface area contributed by atoms with Crippen molar-refractivity contribution in [2.24, 2.45) is 5.92 Å². The number of hydrogen-bond acceptors (Lipinski definition) is 6. The summed E-state index contributed by atoms with van der Waals surface area (Å²) in [6.45, 7) is 3.97. The fraction of sp³-hybridized carbons (Fsp3) is 0.174. The zero-order valence-electron chi connectivity index (χ0n) is 16.9. The van der Waals surface area contributed by atoms with Gasteiger partial charge in [-0.2, -0.15) is 0 Å². The van der Waals surface area contributed by atoms with Crippen LogP contribution in [-0.2, 0) is 0 Å². The molecule has 158 valence electrons. The predicted molar refractivity (Wildman–Crippen MR) is 120 cm³/mol. The number of nitrogen functional groups attached to an aromatic ring is 1. The summed E-state index contributed by atoms with van der Waals surface area (Å²) in [5.41, 5.74) is 9.27. The third kappa shape index (κ3) is 4.22. The minimum atomic E-state index is -0.510. The molecule has 0 aliphatic heterocycles. The maximum atomic E-state index is 13.5. The Hall–Kier alpha value is -3.45. The van der Waals surface area contributed by atoms with Crippen LogP contribution in [0.5, 0.6) is 0 Å². The van der Waals surface area contributed by atoms with E-state index in [0.717, 1.165) is 0 Å². The highest BCUT2D eigenvalue weighted by Crippen LogP contribution is 2.39. The Morgan fingerprint density at radius 3 is 2.71 bits per heavy atom. The molecule has 0 saturated carbocycles. The van der Waals surface area contributed by atoms with Gasteiger partial charge >= 0.3 is 0 Å². The van der Waals surface area contributed by atoms with Crippen LogP contribution < -0.4 is 11.1 Å². The molecule has 4 aromatic rings. The van der Waals surface area contributed by atoms with Gasteiger partial charge in [-0.3, -0.25) is 14.8 Å². The van der Waals surface area contributed by atoms with Crippen molar-refractivity contribution in [3.05, 3.63) is 65.3 Å². The second kappa shape index (κ2) is 8.35. The second-order valence-corrected chi connectivity index (χ2v) is 7.99. The third-order valence-electron chi connectivity index (χ3n) is 4.73. The van der Waals surface area contributed by atoms with E-state index < -0.39 is 5.82 Å². The molecule has 0 amide bonds. The quantitative estimate of drug-likeness (QED) is 0.346. The summed E-state index contributed by atoms with van der Waals surface area (Å²) in [4.78, 5) is 21.1. The molecular weight excluding hydrogens is 419 g/mol. The number of pyridine rings is 2. The van der Waals surface area contributed by atoms with E-state index in [0.29, 0.717) is 45.7 Å². The summed E-state index contributed by atoms with van der Waals surface area (Å²) in [5.74, 6) is -0.157. The van der Waals surface area contributed by atoms with Gasteiger partial charge in [0.15, 0.2) is 11.4 Å². The van der Waals surface area contributed by atoms with Crippen LogP contribution in [-0.4, -0.2) is 15.8 Å². The average Bonchev–Trinajstić information content (AvgIpc) is 3.05. The van der Waals surface area contributed by atoms with Gasteiger partial charge in [0.2, 0.25) is 5.88 Å². The Kier molecular flexibility index (Phi) is 5.61. The van der Waals surface area contributed by atoms with Crippen molar-refractivity contribution in [3.8, 4) is 11.3 Å². The third-order valence-corrected chi connectivity index (χ3v) is 5.02. The molecule has 0 aliphatic rings. The zero-order chi connectivity index (χ0) is 22.1. The molecule has 1 aromatic carbocycles. The number of nitrogens with zero attached hydrogens (tertiary/aromatic N) is 2. The Balaban J connectivity index is 1.75. The topological polar surface area (TPSA) is 94.0 Å². The normalized spacial score (nSPS) is 11.3. The van der Waals surface area contributed by atoms with Gasteiger partial charge in [-0.1, -0.05) is 25.4 Å². The number of Topliss-reactive ketones (excluding diaryl/α,β-unsaturated/α-hetero) is 1. The van der Waals surface area contributed by atoms with Crippen molar-refractivity contribution in [1.82, 2.24) is 9.97 Å². The number of anilines is 3. The number of nitrogens with two attached hydrogens (primary N) is 1. The Labute approximate surface area is 183 Å². The minimum Gasteiger partial charge on any atom is -0.436 e. The summed E-state index contributed by atoms with van der Waals surface area (Å²) in [5, 5.41) is 3.81. The zero-order valence-corrected chi connectivity index (χ0v) is 17.7. The number of benzene rings is 1. The van der Waals surface area contributed by atoms with Gasteiger partial charge in [0.1, 0.15) is 22.9 Å². The average molecular weight is 439 g/mol. The summed E-state index contributed by atoms with van der Waals surface area (Å²) in [6.07, 6.45) is 3.62. The van der Waals surface area contributed by atoms with Crippen LogP contribution in [0.4, 0.5) is 21.6 Å². The number of rotatable bonds is 6. The highest BCUT2D eigenvalue weighted by molar-refractivity contribution is 6.31. The molecular formula is C23H20ClFN4O2. The lowest BCUT2D eigenvalue weighted by Gasteiger charge is -2.07. The molecule has 0 saturated heterocycles. The first-order chi connectivity index (χ1) is 14.8. The Morgan fingerprint density at radius 1 is 1.19 bits per heavy atom. The highest BCUT2D eigenvalue weighted by atomic mass is 35.5. The molecule has 0 unspecified atom stereocenters. The van der Waals surface area contributed by atoms with E-state index in [2.05, 4.69) is 15.3 Å². The number of ketones is 1. The largest absolute Gasteiger partial charge is 0.436 e. The maximum absolute atomic E-state index is 13.5. The fourth-order valence-electron chi connectivity index (χ4n) is 3.30. The summed E-state index contributed by atoms with van der Waals surface area (Å²) in [7, 11) is 0. The number of aromatic nitrogens is 2.